The zero-order valence-electron chi connectivity index (χ0n) is 11.5. The molecule has 2 aromatic rings. The quantitative estimate of drug-likeness (QED) is 0.928. The van der Waals surface area contributed by atoms with Gasteiger partial charge in [-0.25, -0.2) is 0 Å². The van der Waals surface area contributed by atoms with Gasteiger partial charge in [0.1, 0.15) is 0 Å². The molecular formula is C16H15BrN2O2. The van der Waals surface area contributed by atoms with Crippen LogP contribution < -0.4 is 10.9 Å². The number of aromatic nitrogens is 1. The first-order chi connectivity index (χ1) is 10.0. The van der Waals surface area contributed by atoms with E-state index in [4.69, 9.17) is 0 Å². The summed E-state index contributed by atoms with van der Waals surface area (Å²) in [6, 6.07) is 11.2. The van der Waals surface area contributed by atoms with E-state index in [-0.39, 0.29) is 17.4 Å². The number of nitrogens with zero attached hydrogens (tertiary/aromatic N) is 1. The van der Waals surface area contributed by atoms with Crippen molar-refractivity contribution in [1.29, 1.82) is 0 Å². The molecule has 1 aliphatic carbocycles. The van der Waals surface area contributed by atoms with Gasteiger partial charge in [-0.2, -0.15) is 0 Å². The summed E-state index contributed by atoms with van der Waals surface area (Å²) in [6.07, 6.45) is 2.51. The Labute approximate surface area is 130 Å². The molecule has 1 heterocycles. The first-order valence-corrected chi connectivity index (χ1v) is 7.57. The number of pyridine rings is 1. The minimum absolute atomic E-state index is 0.0153. The van der Waals surface area contributed by atoms with Gasteiger partial charge in [0.15, 0.2) is 0 Å². The largest absolute Gasteiger partial charge is 0.325 e. The number of anilines is 1. The lowest BCUT2D eigenvalue weighted by molar-refractivity contribution is -0.117. The molecule has 1 aromatic carbocycles. The number of amides is 1. The zero-order valence-corrected chi connectivity index (χ0v) is 13.1. The summed E-state index contributed by atoms with van der Waals surface area (Å²) in [5.41, 5.74) is 1.76. The first kappa shape index (κ1) is 14.1. The summed E-state index contributed by atoms with van der Waals surface area (Å²) in [4.78, 5) is 23.5. The molecule has 0 unspecified atom stereocenters. The molecule has 1 N–H and O–H groups in total. The van der Waals surface area contributed by atoms with Crippen molar-refractivity contribution in [1.82, 2.24) is 4.57 Å². The molecule has 1 aromatic heterocycles. The third kappa shape index (κ3) is 3.08. The van der Waals surface area contributed by atoms with Gasteiger partial charge in [-0.15, -0.1) is 0 Å². The van der Waals surface area contributed by atoms with Gasteiger partial charge in [0, 0.05) is 29.7 Å². The Bertz CT molecular complexity index is 737. The Balaban J connectivity index is 1.66. The topological polar surface area (TPSA) is 51.1 Å². The normalized spacial score (nSPS) is 20.1. The van der Waals surface area contributed by atoms with Crippen LogP contribution in [0.15, 0.2) is 51.9 Å². The predicted octanol–water partition coefficient (Wildman–Crippen LogP) is 2.89. The minimum atomic E-state index is -0.0906. The van der Waals surface area contributed by atoms with Crippen molar-refractivity contribution in [3.05, 3.63) is 63.0 Å². The van der Waals surface area contributed by atoms with Gasteiger partial charge in [0.25, 0.3) is 0 Å². The van der Waals surface area contributed by atoms with E-state index in [1.54, 1.807) is 19.3 Å². The van der Waals surface area contributed by atoms with Crippen LogP contribution >= 0.6 is 15.9 Å². The number of carbonyl (C=O) groups excluding carboxylic acids is 1. The van der Waals surface area contributed by atoms with Crippen LogP contribution in [0, 0.1) is 5.92 Å². The number of hydrogen-bond donors (Lipinski definition) is 1. The lowest BCUT2D eigenvalue weighted by Gasteiger charge is -2.06. The number of rotatable bonds is 3. The number of carbonyl (C=O) groups is 1. The summed E-state index contributed by atoms with van der Waals surface area (Å²) < 4.78 is 2.49. The maximum absolute atomic E-state index is 12.2. The Kier molecular flexibility index (Phi) is 3.68. The highest BCUT2D eigenvalue weighted by Crippen LogP contribution is 2.48. The van der Waals surface area contributed by atoms with Crippen LogP contribution in [-0.2, 0) is 11.8 Å². The van der Waals surface area contributed by atoms with Gasteiger partial charge in [-0.3, -0.25) is 9.59 Å². The lowest BCUT2D eigenvalue weighted by atomic mass is 10.1. The maximum atomic E-state index is 12.2. The highest BCUT2D eigenvalue weighted by atomic mass is 79.9. The van der Waals surface area contributed by atoms with Gasteiger partial charge in [0.2, 0.25) is 11.5 Å². The Hall–Kier alpha value is -1.88. The molecular weight excluding hydrogens is 332 g/mol. The SMILES string of the molecule is Cn1cc(NC(=O)[C@@H]2C[C@H]2c2ccc(Br)cc2)ccc1=O. The molecule has 4 nitrogen and oxygen atoms in total. The van der Waals surface area contributed by atoms with Crippen LogP contribution in [0.25, 0.3) is 0 Å². The van der Waals surface area contributed by atoms with Crippen molar-refractivity contribution in [2.24, 2.45) is 13.0 Å². The highest BCUT2D eigenvalue weighted by molar-refractivity contribution is 9.10. The van der Waals surface area contributed by atoms with Gasteiger partial charge in [0.05, 0.1) is 5.69 Å². The number of aryl methyl sites for hydroxylation is 1. The number of halogens is 1. The fourth-order valence-corrected chi connectivity index (χ4v) is 2.73. The van der Waals surface area contributed by atoms with Crippen molar-refractivity contribution < 1.29 is 4.79 Å². The van der Waals surface area contributed by atoms with Crippen molar-refractivity contribution >= 4 is 27.5 Å². The molecule has 0 saturated heterocycles. The van der Waals surface area contributed by atoms with E-state index in [1.807, 2.05) is 24.3 Å². The summed E-state index contributed by atoms with van der Waals surface area (Å²) in [6.45, 7) is 0. The van der Waals surface area contributed by atoms with Crippen molar-refractivity contribution in [2.75, 3.05) is 5.32 Å². The molecule has 3 rings (SSSR count). The van der Waals surface area contributed by atoms with E-state index in [2.05, 4.69) is 21.2 Å². The molecule has 1 fully saturated rings. The van der Waals surface area contributed by atoms with Crippen LogP contribution in [-0.4, -0.2) is 10.5 Å². The van der Waals surface area contributed by atoms with E-state index in [0.29, 0.717) is 11.6 Å². The van der Waals surface area contributed by atoms with E-state index in [0.717, 1.165) is 10.9 Å². The average Bonchev–Trinajstić information content (AvgIpc) is 3.24. The molecule has 2 atom stereocenters. The highest BCUT2D eigenvalue weighted by Gasteiger charge is 2.43. The minimum Gasteiger partial charge on any atom is -0.325 e. The zero-order chi connectivity index (χ0) is 15.0. The average molecular weight is 347 g/mol. The molecule has 0 aliphatic heterocycles. The smallest absolute Gasteiger partial charge is 0.250 e. The molecule has 1 aliphatic rings. The molecule has 1 amide bonds. The molecule has 5 heteroatoms. The van der Waals surface area contributed by atoms with Crippen LogP contribution in [0.4, 0.5) is 5.69 Å². The lowest BCUT2D eigenvalue weighted by Crippen LogP contribution is -2.19. The summed E-state index contributed by atoms with van der Waals surface area (Å²) in [5, 5.41) is 2.88. The fourth-order valence-electron chi connectivity index (χ4n) is 2.47. The van der Waals surface area contributed by atoms with Gasteiger partial charge in [-0.1, -0.05) is 28.1 Å². The number of benzene rings is 1. The van der Waals surface area contributed by atoms with Crippen molar-refractivity contribution in [2.45, 2.75) is 12.3 Å². The predicted molar refractivity (Wildman–Crippen MR) is 85.3 cm³/mol. The van der Waals surface area contributed by atoms with Crippen LogP contribution in [0.1, 0.15) is 17.9 Å². The standard InChI is InChI=1S/C16H15BrN2O2/c1-19-9-12(6-7-15(19)20)18-16(21)14-8-13(14)10-2-4-11(17)5-3-10/h2-7,9,13-14H,8H2,1H3,(H,18,21)/t13-,14+/m0/s1. The monoisotopic (exact) mass is 346 g/mol. The second-order valence-electron chi connectivity index (χ2n) is 5.36. The van der Waals surface area contributed by atoms with Crippen LogP contribution in [0.5, 0.6) is 0 Å². The molecule has 21 heavy (non-hydrogen) atoms. The number of hydrogen-bond acceptors (Lipinski definition) is 2. The Morgan fingerprint density at radius 2 is 1.95 bits per heavy atom. The summed E-state index contributed by atoms with van der Waals surface area (Å²) in [7, 11) is 1.67. The third-order valence-corrected chi connectivity index (χ3v) is 4.31. The Morgan fingerprint density at radius 1 is 1.24 bits per heavy atom. The van der Waals surface area contributed by atoms with Gasteiger partial charge in [-0.05, 0) is 36.1 Å². The van der Waals surface area contributed by atoms with Crippen LogP contribution in [0.3, 0.4) is 0 Å². The second kappa shape index (κ2) is 5.48. The fraction of sp³-hybridized carbons (Fsp3) is 0.250. The van der Waals surface area contributed by atoms with Crippen molar-refractivity contribution in [3.63, 3.8) is 0 Å². The molecule has 1 saturated carbocycles. The van der Waals surface area contributed by atoms with Crippen molar-refractivity contribution in [3.8, 4) is 0 Å². The Morgan fingerprint density at radius 3 is 2.62 bits per heavy atom. The molecule has 0 bridgehead atoms. The number of nitrogens with one attached hydrogen (secondary N) is 1. The van der Waals surface area contributed by atoms with Gasteiger partial charge < -0.3 is 9.88 Å². The summed E-state index contributed by atoms with van der Waals surface area (Å²) >= 11 is 3.41. The first-order valence-electron chi connectivity index (χ1n) is 6.77. The molecule has 0 spiro atoms. The van der Waals surface area contributed by atoms with E-state index >= 15 is 0 Å². The van der Waals surface area contributed by atoms with E-state index < -0.39 is 0 Å². The second-order valence-corrected chi connectivity index (χ2v) is 6.27. The molecule has 0 radical (unpaired) electrons. The molecule has 108 valence electrons. The summed E-state index contributed by atoms with van der Waals surface area (Å²) in [5.74, 6) is 0.329. The van der Waals surface area contributed by atoms with E-state index in [9.17, 15) is 9.59 Å². The maximum Gasteiger partial charge on any atom is 0.250 e. The van der Waals surface area contributed by atoms with E-state index in [1.165, 1.54) is 16.2 Å². The third-order valence-electron chi connectivity index (χ3n) is 3.78. The van der Waals surface area contributed by atoms with Crippen LogP contribution in [0.2, 0.25) is 0 Å². The van der Waals surface area contributed by atoms with Gasteiger partial charge >= 0.3 is 0 Å².